The van der Waals surface area contributed by atoms with Gasteiger partial charge in [-0.3, -0.25) is 9.79 Å². The fourth-order valence-electron chi connectivity index (χ4n) is 6.16. The number of hydrogen-bond acceptors (Lipinski definition) is 4. The number of rotatable bonds is 6. The Morgan fingerprint density at radius 2 is 1.62 bits per heavy atom. The normalized spacial score (nSPS) is 24.1. The Morgan fingerprint density at radius 3 is 2.27 bits per heavy atom. The molecule has 5 rings (SSSR count). The molecule has 3 aromatic rings. The number of nitrogens with one attached hydrogen (secondary N) is 1. The molecular weight excluding hydrogens is 462 g/mol. The second kappa shape index (κ2) is 9.85. The van der Waals surface area contributed by atoms with Gasteiger partial charge in [-0.25, -0.2) is 4.79 Å². The monoisotopic (exact) mass is 495 g/mol. The molecule has 3 aromatic carbocycles. The van der Waals surface area contributed by atoms with Gasteiger partial charge in [-0.1, -0.05) is 56.3 Å². The predicted molar refractivity (Wildman–Crippen MR) is 146 cm³/mol. The molecule has 1 saturated carbocycles. The average molecular weight is 496 g/mol. The molecule has 2 aliphatic rings. The summed E-state index contributed by atoms with van der Waals surface area (Å²) < 4.78 is 0. The van der Waals surface area contributed by atoms with Crippen molar-refractivity contribution >= 4 is 29.0 Å². The molecule has 0 radical (unpaired) electrons. The number of aromatic carboxylic acids is 1. The summed E-state index contributed by atoms with van der Waals surface area (Å²) in [5, 5.41) is 12.7. The summed E-state index contributed by atoms with van der Waals surface area (Å²) in [6, 6.07) is 24.4. The lowest BCUT2D eigenvalue weighted by atomic mass is 9.75. The third-order valence-corrected chi connectivity index (χ3v) is 7.57. The van der Waals surface area contributed by atoms with Crippen molar-refractivity contribution in [3.63, 3.8) is 0 Å². The van der Waals surface area contributed by atoms with Crippen molar-refractivity contribution in [3.8, 4) is 0 Å². The molecule has 37 heavy (non-hydrogen) atoms. The lowest BCUT2D eigenvalue weighted by Gasteiger charge is -2.46. The average Bonchev–Trinajstić information content (AvgIpc) is 3.14. The summed E-state index contributed by atoms with van der Waals surface area (Å²) in [6.45, 7) is 6.50. The van der Waals surface area contributed by atoms with Crippen molar-refractivity contribution in [2.75, 3.05) is 5.32 Å². The highest BCUT2D eigenvalue weighted by Gasteiger charge is 2.52. The number of anilines is 2. The highest BCUT2D eigenvalue weighted by Crippen LogP contribution is 2.47. The second-order valence-electron chi connectivity index (χ2n) is 10.6. The molecule has 1 aliphatic carbocycles. The number of carbonyl (C=O) groups is 2. The Hall–Kier alpha value is -3.93. The number of nitrogens with zero attached hydrogens (tertiary/aromatic N) is 2. The Bertz CT molecular complexity index is 1320. The maximum Gasteiger partial charge on any atom is 0.335 e. The number of carboxylic acids is 1. The van der Waals surface area contributed by atoms with Gasteiger partial charge in [-0.05, 0) is 80.0 Å². The lowest BCUT2D eigenvalue weighted by molar-refractivity contribution is -0.133. The van der Waals surface area contributed by atoms with Crippen LogP contribution in [0.4, 0.5) is 11.4 Å². The fourth-order valence-corrected chi connectivity index (χ4v) is 6.16. The van der Waals surface area contributed by atoms with Gasteiger partial charge in [-0.15, -0.1) is 0 Å². The van der Waals surface area contributed by atoms with Gasteiger partial charge in [-0.2, -0.15) is 0 Å². The molecule has 0 bridgehead atoms. The molecule has 2 unspecified atom stereocenters. The van der Waals surface area contributed by atoms with Crippen LogP contribution in [0.1, 0.15) is 67.6 Å². The van der Waals surface area contributed by atoms with E-state index in [1.807, 2.05) is 78.6 Å². The third kappa shape index (κ3) is 4.88. The van der Waals surface area contributed by atoms with Gasteiger partial charge in [0.05, 0.1) is 11.6 Å². The highest BCUT2D eigenvalue weighted by molar-refractivity contribution is 6.47. The zero-order valence-electron chi connectivity index (χ0n) is 21.5. The Kier molecular flexibility index (Phi) is 6.59. The van der Waals surface area contributed by atoms with E-state index in [0.29, 0.717) is 17.5 Å². The van der Waals surface area contributed by atoms with Crippen LogP contribution in [0.25, 0.3) is 0 Å². The van der Waals surface area contributed by atoms with Crippen LogP contribution in [0.5, 0.6) is 0 Å². The molecule has 1 fully saturated rings. The quantitative estimate of drug-likeness (QED) is 0.400. The van der Waals surface area contributed by atoms with Crippen molar-refractivity contribution in [1.82, 2.24) is 4.90 Å². The van der Waals surface area contributed by atoms with Crippen molar-refractivity contribution in [2.24, 2.45) is 16.8 Å². The van der Waals surface area contributed by atoms with Crippen molar-refractivity contribution in [1.29, 1.82) is 0 Å². The van der Waals surface area contributed by atoms with E-state index in [4.69, 9.17) is 4.99 Å². The van der Waals surface area contributed by atoms with E-state index in [2.05, 4.69) is 19.2 Å². The van der Waals surface area contributed by atoms with Crippen LogP contribution in [-0.4, -0.2) is 33.3 Å². The number of aliphatic imine (C=N–C) groups is 1. The summed E-state index contributed by atoms with van der Waals surface area (Å²) in [5.74, 6) is -0.157. The summed E-state index contributed by atoms with van der Waals surface area (Å²) in [5.41, 5.74) is 3.69. The Morgan fingerprint density at radius 1 is 0.973 bits per heavy atom. The number of para-hydroxylation sites is 1. The summed E-state index contributed by atoms with van der Waals surface area (Å²) in [7, 11) is 0. The van der Waals surface area contributed by atoms with Crippen LogP contribution >= 0.6 is 0 Å². The van der Waals surface area contributed by atoms with Crippen molar-refractivity contribution < 1.29 is 14.7 Å². The van der Waals surface area contributed by atoms with Gasteiger partial charge < -0.3 is 15.3 Å². The standard InChI is InChI=1S/C31H33N3O3/c1-20-16-21(2)19-31(18-20)33-28(25-8-7-11-27(17-25)32-26-9-5-4-6-10-26)29(35)34(31)22(3)23-12-14-24(15-13-23)30(36)37/h4-15,17,20-22,32H,16,18-19H2,1-3H3,(H,36,37)/t20?,21?,22-,31?/m1/s1. The van der Waals surface area contributed by atoms with Gasteiger partial charge in [0, 0.05) is 16.9 Å². The minimum absolute atomic E-state index is 0.0760. The molecule has 6 nitrogen and oxygen atoms in total. The first kappa shape index (κ1) is 24.8. The van der Waals surface area contributed by atoms with Crippen molar-refractivity contribution in [2.45, 2.75) is 51.7 Å². The molecule has 6 heteroatoms. The van der Waals surface area contributed by atoms with Crippen LogP contribution in [-0.2, 0) is 4.79 Å². The molecule has 0 aromatic heterocycles. The topological polar surface area (TPSA) is 82.0 Å². The van der Waals surface area contributed by atoms with E-state index in [1.165, 1.54) is 0 Å². The molecule has 3 atom stereocenters. The van der Waals surface area contributed by atoms with Gasteiger partial charge in [0.15, 0.2) is 0 Å². The van der Waals surface area contributed by atoms with E-state index in [0.717, 1.165) is 41.8 Å². The smallest absolute Gasteiger partial charge is 0.335 e. The number of carbonyl (C=O) groups excluding carboxylic acids is 1. The molecule has 1 heterocycles. The van der Waals surface area contributed by atoms with Gasteiger partial charge >= 0.3 is 5.97 Å². The minimum Gasteiger partial charge on any atom is -0.478 e. The van der Waals surface area contributed by atoms with E-state index < -0.39 is 11.6 Å². The fraction of sp³-hybridized carbons (Fsp3) is 0.323. The number of carboxylic acid groups (broad SMARTS) is 1. The minimum atomic E-state index is -0.961. The first-order chi connectivity index (χ1) is 17.8. The highest BCUT2D eigenvalue weighted by atomic mass is 16.4. The summed E-state index contributed by atoms with van der Waals surface area (Å²) >= 11 is 0. The van der Waals surface area contributed by atoms with E-state index in [9.17, 15) is 14.7 Å². The van der Waals surface area contributed by atoms with Crippen LogP contribution in [0.2, 0.25) is 0 Å². The Labute approximate surface area is 218 Å². The lowest BCUT2D eigenvalue weighted by Crippen LogP contribution is -2.51. The largest absolute Gasteiger partial charge is 0.478 e. The molecule has 2 N–H and O–H groups in total. The van der Waals surface area contributed by atoms with Crippen LogP contribution in [0, 0.1) is 11.8 Å². The Balaban J connectivity index is 1.52. The van der Waals surface area contributed by atoms with Gasteiger partial charge in [0.2, 0.25) is 0 Å². The number of amides is 1. The maximum absolute atomic E-state index is 14.1. The predicted octanol–water partition coefficient (Wildman–Crippen LogP) is 6.67. The number of hydrogen-bond donors (Lipinski definition) is 2. The van der Waals surface area contributed by atoms with E-state index >= 15 is 0 Å². The number of benzene rings is 3. The molecular formula is C31H33N3O3. The zero-order chi connectivity index (χ0) is 26.2. The molecule has 1 spiro atoms. The van der Waals surface area contributed by atoms with Gasteiger partial charge in [0.25, 0.3) is 5.91 Å². The van der Waals surface area contributed by atoms with Gasteiger partial charge in [0.1, 0.15) is 11.4 Å². The van der Waals surface area contributed by atoms with Crippen LogP contribution in [0.3, 0.4) is 0 Å². The van der Waals surface area contributed by atoms with E-state index in [1.54, 1.807) is 12.1 Å². The first-order valence-electron chi connectivity index (χ1n) is 12.9. The zero-order valence-corrected chi connectivity index (χ0v) is 21.5. The maximum atomic E-state index is 14.1. The molecule has 190 valence electrons. The second-order valence-corrected chi connectivity index (χ2v) is 10.6. The SMILES string of the molecule is CC1CC(C)CC2(C1)N=C(c1cccc(Nc3ccccc3)c1)C(=O)N2[C@H](C)c1ccc(C(=O)O)cc1. The molecule has 0 saturated heterocycles. The van der Waals surface area contributed by atoms with Crippen LogP contribution in [0.15, 0.2) is 83.9 Å². The van der Waals surface area contributed by atoms with Crippen molar-refractivity contribution in [3.05, 3.63) is 95.6 Å². The summed E-state index contributed by atoms with van der Waals surface area (Å²) in [4.78, 5) is 32.7. The van der Waals surface area contributed by atoms with E-state index in [-0.39, 0.29) is 17.5 Å². The molecule has 1 aliphatic heterocycles. The first-order valence-corrected chi connectivity index (χ1v) is 12.9. The third-order valence-electron chi connectivity index (χ3n) is 7.57. The van der Waals surface area contributed by atoms with Crippen LogP contribution < -0.4 is 5.32 Å². The summed E-state index contributed by atoms with van der Waals surface area (Å²) in [6.07, 6.45) is 2.74. The molecule has 1 amide bonds.